The number of halogens is 1. The zero-order valence-corrected chi connectivity index (χ0v) is 22.3. The minimum absolute atomic E-state index is 0.0500. The Kier molecular flexibility index (Phi) is 6.44. The molecule has 1 unspecified atom stereocenters. The number of benzene rings is 1. The molecule has 0 N–H and O–H groups in total. The number of carbonyl (C=O) groups excluding carboxylic acids is 1. The molecule has 190 valence electrons. The van der Waals surface area contributed by atoms with Crippen LogP contribution in [0.3, 0.4) is 0 Å². The number of sulfonamides is 1. The number of pyridine rings is 1. The van der Waals surface area contributed by atoms with Crippen molar-refractivity contribution in [1.29, 1.82) is 0 Å². The average Bonchev–Trinajstić information content (AvgIpc) is 3.48. The number of thiophene rings is 1. The number of ether oxygens (including phenoxy) is 1. The summed E-state index contributed by atoms with van der Waals surface area (Å²) < 4.78 is 33.9. The Morgan fingerprint density at radius 3 is 2.69 bits per heavy atom. The van der Waals surface area contributed by atoms with Gasteiger partial charge in [-0.1, -0.05) is 11.6 Å². The third-order valence-corrected chi connectivity index (χ3v) is 10.5. The van der Waals surface area contributed by atoms with Gasteiger partial charge in [-0.2, -0.15) is 4.31 Å². The summed E-state index contributed by atoms with van der Waals surface area (Å²) in [6, 6.07) is 7.69. The Morgan fingerprint density at radius 1 is 1.08 bits per heavy atom. The average molecular weight is 546 g/mol. The molecule has 1 amide bonds. The molecular weight excluding hydrogens is 518 g/mol. The zero-order valence-electron chi connectivity index (χ0n) is 19.9. The molecule has 0 bridgehead atoms. The lowest BCUT2D eigenvalue weighted by molar-refractivity contribution is -0.138. The Morgan fingerprint density at radius 2 is 1.89 bits per heavy atom. The van der Waals surface area contributed by atoms with E-state index in [1.807, 2.05) is 29.2 Å². The second-order valence-corrected chi connectivity index (χ2v) is 13.4. The first-order valence-electron chi connectivity index (χ1n) is 12.5. The van der Waals surface area contributed by atoms with E-state index >= 15 is 0 Å². The van der Waals surface area contributed by atoms with Crippen LogP contribution in [0, 0.1) is 0 Å². The third-order valence-electron chi connectivity index (χ3n) is 7.28. The first-order valence-corrected chi connectivity index (χ1v) is 15.3. The molecule has 2 aromatic heterocycles. The highest BCUT2D eigenvalue weighted by Crippen LogP contribution is 2.45. The number of aromatic nitrogens is 1. The summed E-state index contributed by atoms with van der Waals surface area (Å²) >= 11 is 8.09. The van der Waals surface area contributed by atoms with Crippen LogP contribution in [0.25, 0.3) is 21.3 Å². The van der Waals surface area contributed by atoms with E-state index in [-0.39, 0.29) is 11.7 Å². The lowest BCUT2D eigenvalue weighted by atomic mass is 10.0. The summed E-state index contributed by atoms with van der Waals surface area (Å²) in [5.41, 5.74) is 3.53. The maximum Gasteiger partial charge on any atom is 0.263 e. The van der Waals surface area contributed by atoms with Crippen LogP contribution >= 0.6 is 22.9 Å². The second kappa shape index (κ2) is 9.59. The number of hydrogen-bond donors (Lipinski definition) is 0. The predicted molar refractivity (Wildman–Crippen MR) is 142 cm³/mol. The zero-order chi connectivity index (χ0) is 24.9. The van der Waals surface area contributed by atoms with Crippen molar-refractivity contribution in [3.63, 3.8) is 0 Å². The molecule has 10 heteroatoms. The van der Waals surface area contributed by atoms with Gasteiger partial charge in [-0.25, -0.2) is 8.42 Å². The maximum atomic E-state index is 13.2. The van der Waals surface area contributed by atoms with Crippen molar-refractivity contribution in [3.8, 4) is 16.9 Å². The van der Waals surface area contributed by atoms with E-state index < -0.39 is 16.1 Å². The van der Waals surface area contributed by atoms with Crippen molar-refractivity contribution < 1.29 is 17.9 Å². The molecule has 36 heavy (non-hydrogen) atoms. The molecule has 1 atom stereocenters. The number of piperidine rings is 1. The van der Waals surface area contributed by atoms with Gasteiger partial charge < -0.3 is 9.64 Å². The normalized spacial score (nSPS) is 21.9. The molecule has 3 aromatic rings. The van der Waals surface area contributed by atoms with Crippen molar-refractivity contribution in [2.45, 2.75) is 51.2 Å². The molecular formula is C26H28ClN3O4S2. The topological polar surface area (TPSA) is 79.8 Å². The summed E-state index contributed by atoms with van der Waals surface area (Å²) in [6.07, 6.45) is 6.58. The molecule has 2 fully saturated rings. The molecule has 5 heterocycles. The highest BCUT2D eigenvalue weighted by atomic mass is 35.5. The fraction of sp³-hybridized carbons (Fsp3) is 0.462. The number of nitrogens with zero attached hydrogens (tertiary/aromatic N) is 3. The van der Waals surface area contributed by atoms with Crippen LogP contribution in [0.5, 0.6) is 5.75 Å². The van der Waals surface area contributed by atoms with Crippen LogP contribution in [0.1, 0.15) is 42.5 Å². The highest BCUT2D eigenvalue weighted by Gasteiger charge is 2.35. The number of likely N-dealkylation sites (tertiary alicyclic amines) is 1. The van der Waals surface area contributed by atoms with Crippen molar-refractivity contribution in [1.82, 2.24) is 14.2 Å². The Hall–Kier alpha value is -2.20. The lowest BCUT2D eigenvalue weighted by Crippen LogP contribution is -2.43. The van der Waals surface area contributed by atoms with Crippen molar-refractivity contribution in [2.75, 3.05) is 25.4 Å². The molecule has 2 saturated heterocycles. The minimum atomic E-state index is -3.21. The number of rotatable bonds is 4. The van der Waals surface area contributed by atoms with Gasteiger partial charge in [0.25, 0.3) is 5.91 Å². The van der Waals surface area contributed by atoms with E-state index in [9.17, 15) is 13.2 Å². The minimum Gasteiger partial charge on any atom is -0.479 e. The van der Waals surface area contributed by atoms with Crippen molar-refractivity contribution >= 4 is 49.1 Å². The van der Waals surface area contributed by atoms with Crippen LogP contribution in [-0.4, -0.2) is 60.0 Å². The van der Waals surface area contributed by atoms with Gasteiger partial charge in [-0.05, 0) is 56.4 Å². The van der Waals surface area contributed by atoms with E-state index in [1.165, 1.54) is 6.42 Å². The summed E-state index contributed by atoms with van der Waals surface area (Å²) in [5, 5.41) is 0.597. The van der Waals surface area contributed by atoms with Gasteiger partial charge in [-0.15, -0.1) is 11.3 Å². The lowest BCUT2D eigenvalue weighted by Gasteiger charge is -2.28. The molecule has 7 nitrogen and oxygen atoms in total. The molecule has 0 radical (unpaired) electrons. The molecule has 0 spiro atoms. The first-order chi connectivity index (χ1) is 17.4. The largest absolute Gasteiger partial charge is 0.479 e. The predicted octanol–water partition coefficient (Wildman–Crippen LogP) is 4.86. The van der Waals surface area contributed by atoms with E-state index in [4.69, 9.17) is 16.3 Å². The van der Waals surface area contributed by atoms with Gasteiger partial charge in [0.05, 0.1) is 16.0 Å². The van der Waals surface area contributed by atoms with E-state index in [0.29, 0.717) is 30.3 Å². The summed E-state index contributed by atoms with van der Waals surface area (Å²) in [7, 11) is -3.21. The summed E-state index contributed by atoms with van der Waals surface area (Å²) in [5.74, 6) is 0.967. The molecule has 3 aliphatic heterocycles. The van der Waals surface area contributed by atoms with Crippen LogP contribution in [0.2, 0.25) is 5.02 Å². The van der Waals surface area contributed by atoms with Gasteiger partial charge in [0.2, 0.25) is 10.0 Å². The maximum absolute atomic E-state index is 13.2. The molecule has 3 aliphatic rings. The fourth-order valence-corrected chi connectivity index (χ4v) is 8.50. The SMILES string of the molecule is O=C(C1Cc2cc(Cl)cc(-c3ccnc4cc(CN5CCCCS5(=O)=O)sc34)c2O1)N1CCCCC1. The second-order valence-electron chi connectivity index (χ2n) is 9.78. The van der Waals surface area contributed by atoms with Crippen LogP contribution in [0.15, 0.2) is 30.5 Å². The van der Waals surface area contributed by atoms with E-state index in [2.05, 4.69) is 4.98 Å². The van der Waals surface area contributed by atoms with Crippen LogP contribution in [0.4, 0.5) is 0 Å². The Labute approximate surface area is 220 Å². The summed E-state index contributed by atoms with van der Waals surface area (Å²) in [4.78, 5) is 20.6. The number of fused-ring (bicyclic) bond motifs is 2. The third kappa shape index (κ3) is 4.51. The highest BCUT2D eigenvalue weighted by molar-refractivity contribution is 7.89. The standard InChI is InChI=1S/C26H28ClN3O4S2/c27-18-12-17-13-23(26(31)29-8-2-1-3-9-29)34-24(17)21(14-18)20-6-7-28-22-15-19(35-25(20)22)16-30-10-4-5-11-36(30,32)33/h6-7,12,14-15,23H,1-5,8-11,13,16H2. The fourth-order valence-electron chi connectivity index (χ4n) is 5.45. The molecule has 1 aromatic carbocycles. The van der Waals surface area contributed by atoms with Crippen LogP contribution < -0.4 is 4.74 Å². The van der Waals surface area contributed by atoms with Crippen LogP contribution in [-0.2, 0) is 27.8 Å². The molecule has 0 saturated carbocycles. The van der Waals surface area contributed by atoms with Gasteiger partial charge in [0, 0.05) is 65.4 Å². The number of hydrogen-bond acceptors (Lipinski definition) is 6. The Balaban J connectivity index is 1.33. The monoisotopic (exact) mass is 545 g/mol. The van der Waals surface area contributed by atoms with Crippen molar-refractivity contribution in [3.05, 3.63) is 45.9 Å². The van der Waals surface area contributed by atoms with Gasteiger partial charge in [0.1, 0.15) is 5.75 Å². The first kappa shape index (κ1) is 24.2. The molecule has 6 rings (SSSR count). The van der Waals surface area contributed by atoms with E-state index in [0.717, 1.165) is 70.6 Å². The summed E-state index contributed by atoms with van der Waals surface area (Å²) in [6.45, 7) is 2.50. The van der Waals surface area contributed by atoms with E-state index in [1.54, 1.807) is 21.8 Å². The number of amides is 1. The van der Waals surface area contributed by atoms with Gasteiger partial charge in [0.15, 0.2) is 6.10 Å². The van der Waals surface area contributed by atoms with Crippen molar-refractivity contribution in [2.24, 2.45) is 0 Å². The smallest absolute Gasteiger partial charge is 0.263 e. The molecule has 0 aliphatic carbocycles. The van der Waals surface area contributed by atoms with Gasteiger partial charge in [-0.3, -0.25) is 9.78 Å². The number of carbonyl (C=O) groups is 1. The van der Waals surface area contributed by atoms with Gasteiger partial charge >= 0.3 is 0 Å². The Bertz CT molecular complexity index is 1430. The quantitative estimate of drug-likeness (QED) is 0.468.